The molecule has 0 bridgehead atoms. The summed E-state index contributed by atoms with van der Waals surface area (Å²) < 4.78 is 23.8. The summed E-state index contributed by atoms with van der Waals surface area (Å²) in [6, 6.07) is 0. The van der Waals surface area contributed by atoms with Crippen LogP contribution in [-0.2, 0) is 18.9 Å². The molecule has 1 N–H and O–H groups in total. The molecule has 1 unspecified atom stereocenters. The fourth-order valence-corrected chi connectivity index (χ4v) is 3.72. The van der Waals surface area contributed by atoms with Crippen LogP contribution in [0.2, 0.25) is 0 Å². The van der Waals surface area contributed by atoms with Crippen LogP contribution >= 0.6 is 0 Å². The van der Waals surface area contributed by atoms with Crippen molar-refractivity contribution >= 4 is 0 Å². The largest absolute Gasteiger partial charge is 0.396 e. The molecule has 0 amide bonds. The van der Waals surface area contributed by atoms with Crippen molar-refractivity contribution in [2.45, 2.75) is 69.9 Å². The summed E-state index contributed by atoms with van der Waals surface area (Å²) in [6.45, 7) is 8.21. The van der Waals surface area contributed by atoms with E-state index in [0.717, 1.165) is 12.8 Å². The van der Waals surface area contributed by atoms with E-state index in [1.54, 1.807) is 0 Å². The lowest BCUT2D eigenvalue weighted by Gasteiger charge is -2.44. The van der Waals surface area contributed by atoms with Gasteiger partial charge in [0, 0.05) is 5.92 Å². The molecule has 3 fully saturated rings. The number of hydrogen-bond donors (Lipinski definition) is 1. The number of hydrogen-bond acceptors (Lipinski definition) is 5. The van der Waals surface area contributed by atoms with Gasteiger partial charge in [-0.25, -0.2) is 0 Å². The Morgan fingerprint density at radius 2 is 1.84 bits per heavy atom. The third kappa shape index (κ3) is 2.21. The third-order valence-electron chi connectivity index (χ3n) is 4.46. The lowest BCUT2D eigenvalue weighted by molar-refractivity contribution is -0.204. The van der Waals surface area contributed by atoms with Crippen molar-refractivity contribution in [1.82, 2.24) is 0 Å². The minimum atomic E-state index is -0.588. The molecule has 1 spiro atoms. The average Bonchev–Trinajstić information content (AvgIpc) is 2.75. The Bertz CT molecular complexity index is 365. The van der Waals surface area contributed by atoms with Gasteiger partial charge in [0.05, 0.1) is 25.4 Å². The van der Waals surface area contributed by atoms with Gasteiger partial charge in [-0.1, -0.05) is 0 Å². The average molecular weight is 272 g/mol. The van der Waals surface area contributed by atoms with Crippen LogP contribution in [0.4, 0.5) is 0 Å². The Labute approximate surface area is 114 Å². The van der Waals surface area contributed by atoms with Crippen molar-refractivity contribution in [3.05, 3.63) is 0 Å². The molecule has 2 aliphatic heterocycles. The molecule has 2 saturated heterocycles. The third-order valence-corrected chi connectivity index (χ3v) is 4.46. The lowest BCUT2D eigenvalue weighted by atomic mass is 9.73. The van der Waals surface area contributed by atoms with Gasteiger partial charge in [-0.2, -0.15) is 0 Å². The van der Waals surface area contributed by atoms with E-state index in [1.165, 1.54) is 0 Å². The number of ether oxygens (including phenoxy) is 4. The second-order valence-electron chi connectivity index (χ2n) is 6.82. The first-order valence-corrected chi connectivity index (χ1v) is 7.08. The van der Waals surface area contributed by atoms with Crippen LogP contribution in [-0.4, -0.2) is 47.7 Å². The normalized spacial score (nSPS) is 47.5. The van der Waals surface area contributed by atoms with E-state index in [4.69, 9.17) is 18.9 Å². The monoisotopic (exact) mass is 272 g/mol. The highest BCUT2D eigenvalue weighted by Crippen LogP contribution is 2.49. The van der Waals surface area contributed by atoms with Crippen molar-refractivity contribution in [2.75, 3.05) is 13.2 Å². The van der Waals surface area contributed by atoms with E-state index in [2.05, 4.69) is 0 Å². The Hall–Kier alpha value is -0.200. The van der Waals surface area contributed by atoms with Crippen LogP contribution in [0.5, 0.6) is 0 Å². The Morgan fingerprint density at radius 3 is 2.42 bits per heavy atom. The second kappa shape index (κ2) is 4.15. The topological polar surface area (TPSA) is 57.2 Å². The first-order chi connectivity index (χ1) is 8.77. The highest BCUT2D eigenvalue weighted by Gasteiger charge is 2.60. The number of aliphatic hydroxyl groups is 1. The molecule has 19 heavy (non-hydrogen) atoms. The molecule has 2 heterocycles. The Morgan fingerprint density at radius 1 is 1.11 bits per heavy atom. The molecule has 0 aromatic rings. The first-order valence-electron chi connectivity index (χ1n) is 7.08. The summed E-state index contributed by atoms with van der Waals surface area (Å²) >= 11 is 0. The van der Waals surface area contributed by atoms with Gasteiger partial charge in [0.15, 0.2) is 11.6 Å². The molecule has 0 radical (unpaired) electrons. The van der Waals surface area contributed by atoms with Crippen molar-refractivity contribution in [2.24, 2.45) is 5.92 Å². The fraction of sp³-hybridized carbons (Fsp3) is 1.00. The van der Waals surface area contributed by atoms with Crippen LogP contribution in [0.1, 0.15) is 40.5 Å². The van der Waals surface area contributed by atoms with Crippen molar-refractivity contribution in [3.8, 4) is 0 Å². The smallest absolute Gasteiger partial charge is 0.163 e. The zero-order valence-corrected chi connectivity index (χ0v) is 12.1. The summed E-state index contributed by atoms with van der Waals surface area (Å²) in [5, 5.41) is 9.83. The molecule has 110 valence electrons. The summed E-state index contributed by atoms with van der Waals surface area (Å²) in [5.74, 6) is -1.27. The Balaban J connectivity index is 1.86. The molecular weight excluding hydrogens is 248 g/mol. The molecule has 0 aromatic heterocycles. The van der Waals surface area contributed by atoms with Gasteiger partial charge >= 0.3 is 0 Å². The van der Waals surface area contributed by atoms with Gasteiger partial charge in [0.2, 0.25) is 0 Å². The van der Waals surface area contributed by atoms with Gasteiger partial charge in [-0.3, -0.25) is 0 Å². The fourth-order valence-electron chi connectivity index (χ4n) is 3.72. The molecule has 3 rings (SSSR count). The maximum Gasteiger partial charge on any atom is 0.163 e. The van der Waals surface area contributed by atoms with E-state index in [-0.39, 0.29) is 24.7 Å². The number of fused-ring (bicyclic) bond motifs is 1. The maximum atomic E-state index is 9.83. The predicted molar refractivity (Wildman–Crippen MR) is 67.5 cm³/mol. The van der Waals surface area contributed by atoms with Gasteiger partial charge in [-0.05, 0) is 40.5 Å². The summed E-state index contributed by atoms with van der Waals surface area (Å²) in [6.07, 6.45) is 1.64. The van der Waals surface area contributed by atoms with Crippen molar-refractivity contribution < 1.29 is 24.1 Å². The minimum Gasteiger partial charge on any atom is -0.396 e. The molecule has 5 nitrogen and oxygen atoms in total. The lowest BCUT2D eigenvalue weighted by Crippen LogP contribution is -2.56. The summed E-state index contributed by atoms with van der Waals surface area (Å²) in [5.41, 5.74) is -0.441. The quantitative estimate of drug-likeness (QED) is 0.782. The van der Waals surface area contributed by atoms with Gasteiger partial charge < -0.3 is 24.1 Å². The van der Waals surface area contributed by atoms with Crippen LogP contribution in [0.25, 0.3) is 0 Å². The predicted octanol–water partition coefficient (Wildman–Crippen LogP) is 1.43. The molecule has 1 saturated carbocycles. The SMILES string of the molecule is CC1(C)O[C@@H]2[C@@H](CCC3(COC(C)(C)O3)[C@H]2CO)O1. The molecule has 0 aromatic carbocycles. The van der Waals surface area contributed by atoms with Gasteiger partial charge in [0.25, 0.3) is 0 Å². The zero-order valence-electron chi connectivity index (χ0n) is 12.1. The molecule has 4 atom stereocenters. The van der Waals surface area contributed by atoms with E-state index >= 15 is 0 Å². The molecule has 1 aliphatic carbocycles. The van der Waals surface area contributed by atoms with Crippen molar-refractivity contribution in [3.63, 3.8) is 0 Å². The van der Waals surface area contributed by atoms with E-state index < -0.39 is 17.2 Å². The van der Waals surface area contributed by atoms with Crippen molar-refractivity contribution in [1.29, 1.82) is 0 Å². The van der Waals surface area contributed by atoms with Gasteiger partial charge in [0.1, 0.15) is 5.60 Å². The number of rotatable bonds is 1. The second-order valence-corrected chi connectivity index (χ2v) is 6.82. The number of aliphatic hydroxyl groups excluding tert-OH is 1. The van der Waals surface area contributed by atoms with Gasteiger partial charge in [-0.15, -0.1) is 0 Å². The van der Waals surface area contributed by atoms with Crippen LogP contribution in [0.15, 0.2) is 0 Å². The van der Waals surface area contributed by atoms with Crippen LogP contribution < -0.4 is 0 Å². The van der Waals surface area contributed by atoms with E-state index in [0.29, 0.717) is 6.61 Å². The molecule has 5 heteroatoms. The van der Waals surface area contributed by atoms with E-state index in [1.807, 2.05) is 27.7 Å². The highest BCUT2D eigenvalue weighted by atomic mass is 16.8. The van der Waals surface area contributed by atoms with Crippen LogP contribution in [0.3, 0.4) is 0 Å². The Kier molecular flexibility index (Phi) is 3.01. The summed E-state index contributed by atoms with van der Waals surface area (Å²) in [4.78, 5) is 0. The molecular formula is C14H24O5. The minimum absolute atomic E-state index is 0.0278. The highest BCUT2D eigenvalue weighted by molar-refractivity contribution is 5.05. The standard InChI is InChI=1S/C14H24O5/c1-12(2)16-8-14(19-12)6-5-10-11(9(14)7-15)18-13(3,4)17-10/h9-11,15H,5-8H2,1-4H3/t9-,10+,11-,14?/m0/s1. The van der Waals surface area contributed by atoms with Crippen LogP contribution in [0, 0.1) is 5.92 Å². The first kappa shape index (κ1) is 13.8. The summed E-state index contributed by atoms with van der Waals surface area (Å²) in [7, 11) is 0. The van der Waals surface area contributed by atoms with E-state index in [9.17, 15) is 5.11 Å². The molecule has 3 aliphatic rings. The zero-order chi connectivity index (χ0) is 13.9. The maximum absolute atomic E-state index is 9.83.